The summed E-state index contributed by atoms with van der Waals surface area (Å²) in [7, 11) is 0. The van der Waals surface area contributed by atoms with E-state index >= 15 is 0 Å². The number of hydrogen-bond acceptors (Lipinski definition) is 4. The maximum atomic E-state index is 12.5. The molecule has 0 aromatic heterocycles. The Labute approximate surface area is 174 Å². The van der Waals surface area contributed by atoms with Crippen molar-refractivity contribution in [3.63, 3.8) is 0 Å². The number of ether oxygens (including phenoxy) is 2. The fraction of sp³-hybridized carbons (Fsp3) is 0.458. The van der Waals surface area contributed by atoms with Gasteiger partial charge < -0.3 is 19.7 Å². The lowest BCUT2D eigenvalue weighted by atomic mass is 10.0. The summed E-state index contributed by atoms with van der Waals surface area (Å²) in [6, 6.07) is 20.7. The Morgan fingerprint density at radius 3 is 2.28 bits per heavy atom. The molecule has 1 saturated heterocycles. The van der Waals surface area contributed by atoms with Gasteiger partial charge in [-0.2, -0.15) is 0 Å². The zero-order valence-corrected chi connectivity index (χ0v) is 17.6. The second-order valence-electron chi connectivity index (χ2n) is 8.52. The first-order valence-corrected chi connectivity index (χ1v) is 10.3. The summed E-state index contributed by atoms with van der Waals surface area (Å²) in [5, 5.41) is 3.63. The molecule has 2 aromatic carbocycles. The lowest BCUT2D eigenvalue weighted by Gasteiger charge is -2.39. The summed E-state index contributed by atoms with van der Waals surface area (Å²) in [5.74, 6) is 0. The highest BCUT2D eigenvalue weighted by molar-refractivity contribution is 5.68. The third-order valence-corrected chi connectivity index (χ3v) is 4.93. The van der Waals surface area contributed by atoms with Gasteiger partial charge in [0.15, 0.2) is 0 Å². The van der Waals surface area contributed by atoms with Crippen LogP contribution >= 0.6 is 0 Å². The molecule has 1 amide bonds. The Kier molecular flexibility index (Phi) is 7.29. The monoisotopic (exact) mass is 396 g/mol. The molecule has 3 rings (SSSR count). The molecule has 0 spiro atoms. The highest BCUT2D eigenvalue weighted by Gasteiger charge is 2.34. The zero-order valence-electron chi connectivity index (χ0n) is 17.6. The number of carbonyl (C=O) groups is 1. The van der Waals surface area contributed by atoms with Gasteiger partial charge in [-0.25, -0.2) is 4.79 Å². The largest absolute Gasteiger partial charge is 0.444 e. The SMILES string of the molecule is CC(C)(C)OC(=O)N1CCC(NCc2ccccc2)C(OCc2ccccc2)C1. The van der Waals surface area contributed by atoms with E-state index in [0.29, 0.717) is 19.7 Å². The molecule has 5 nitrogen and oxygen atoms in total. The minimum absolute atomic E-state index is 0.0970. The van der Waals surface area contributed by atoms with Crippen LogP contribution in [0.15, 0.2) is 60.7 Å². The van der Waals surface area contributed by atoms with Gasteiger partial charge in [0.1, 0.15) is 5.60 Å². The van der Waals surface area contributed by atoms with Crippen LogP contribution in [0.4, 0.5) is 4.79 Å². The van der Waals surface area contributed by atoms with Crippen molar-refractivity contribution in [2.24, 2.45) is 0 Å². The quantitative estimate of drug-likeness (QED) is 0.788. The molecule has 2 unspecified atom stereocenters. The fourth-order valence-electron chi connectivity index (χ4n) is 3.43. The van der Waals surface area contributed by atoms with Crippen LogP contribution in [0, 0.1) is 0 Å². The second kappa shape index (κ2) is 9.90. The van der Waals surface area contributed by atoms with E-state index in [4.69, 9.17) is 9.47 Å². The number of likely N-dealkylation sites (tertiary alicyclic amines) is 1. The third-order valence-electron chi connectivity index (χ3n) is 4.93. The van der Waals surface area contributed by atoms with Crippen molar-refractivity contribution < 1.29 is 14.3 Å². The van der Waals surface area contributed by atoms with E-state index in [1.807, 2.05) is 57.2 Å². The van der Waals surface area contributed by atoms with Gasteiger partial charge in [0.2, 0.25) is 0 Å². The molecule has 156 valence electrons. The van der Waals surface area contributed by atoms with Crippen LogP contribution in [0.5, 0.6) is 0 Å². The molecule has 0 saturated carbocycles. The van der Waals surface area contributed by atoms with Gasteiger partial charge in [0.25, 0.3) is 0 Å². The van der Waals surface area contributed by atoms with Crippen LogP contribution in [0.3, 0.4) is 0 Å². The molecule has 2 atom stereocenters. The molecular formula is C24H32N2O3. The van der Waals surface area contributed by atoms with E-state index in [-0.39, 0.29) is 18.2 Å². The average Bonchev–Trinajstić information content (AvgIpc) is 2.71. The maximum absolute atomic E-state index is 12.5. The van der Waals surface area contributed by atoms with Crippen molar-refractivity contribution in [2.45, 2.75) is 58.1 Å². The van der Waals surface area contributed by atoms with Gasteiger partial charge in [-0.1, -0.05) is 60.7 Å². The van der Waals surface area contributed by atoms with Crippen molar-refractivity contribution in [1.82, 2.24) is 10.2 Å². The molecule has 29 heavy (non-hydrogen) atoms. The number of hydrogen-bond donors (Lipinski definition) is 1. The molecule has 0 bridgehead atoms. The lowest BCUT2D eigenvalue weighted by Crippen LogP contribution is -2.55. The minimum Gasteiger partial charge on any atom is -0.444 e. The Morgan fingerprint density at radius 2 is 1.66 bits per heavy atom. The second-order valence-corrected chi connectivity index (χ2v) is 8.52. The van der Waals surface area contributed by atoms with E-state index in [9.17, 15) is 4.79 Å². The third kappa shape index (κ3) is 6.87. The molecule has 5 heteroatoms. The summed E-state index contributed by atoms with van der Waals surface area (Å²) in [5.41, 5.74) is 1.87. The first kappa shape index (κ1) is 21.3. The molecule has 0 radical (unpaired) electrons. The highest BCUT2D eigenvalue weighted by atomic mass is 16.6. The highest BCUT2D eigenvalue weighted by Crippen LogP contribution is 2.19. The van der Waals surface area contributed by atoms with Crippen molar-refractivity contribution in [3.8, 4) is 0 Å². The molecule has 1 heterocycles. The van der Waals surface area contributed by atoms with Crippen molar-refractivity contribution in [2.75, 3.05) is 13.1 Å². The summed E-state index contributed by atoms with van der Waals surface area (Å²) in [6.07, 6.45) is 0.457. The van der Waals surface area contributed by atoms with E-state index in [1.165, 1.54) is 5.56 Å². The van der Waals surface area contributed by atoms with Gasteiger partial charge in [-0.15, -0.1) is 0 Å². The summed E-state index contributed by atoms with van der Waals surface area (Å²) in [6.45, 7) is 8.16. The van der Waals surface area contributed by atoms with Crippen molar-refractivity contribution in [3.05, 3.63) is 71.8 Å². The minimum atomic E-state index is -0.500. The number of carbonyl (C=O) groups excluding carboxylic acids is 1. The maximum Gasteiger partial charge on any atom is 0.410 e. The van der Waals surface area contributed by atoms with Gasteiger partial charge in [-0.05, 0) is 38.3 Å². The number of rotatable bonds is 6. The van der Waals surface area contributed by atoms with Gasteiger partial charge >= 0.3 is 6.09 Å². The Morgan fingerprint density at radius 1 is 1.03 bits per heavy atom. The fourth-order valence-corrected chi connectivity index (χ4v) is 3.43. The predicted octanol–water partition coefficient (Wildman–Crippen LogP) is 4.37. The Balaban J connectivity index is 1.63. The molecule has 2 aromatic rings. The standard InChI is InChI=1S/C24H32N2O3/c1-24(2,3)29-23(27)26-15-14-21(25-16-19-10-6-4-7-11-19)22(17-26)28-18-20-12-8-5-9-13-20/h4-13,21-22,25H,14-18H2,1-3H3. The van der Waals surface area contributed by atoms with E-state index in [2.05, 4.69) is 29.6 Å². The topological polar surface area (TPSA) is 50.8 Å². The first-order valence-electron chi connectivity index (χ1n) is 10.3. The molecule has 1 fully saturated rings. The average molecular weight is 397 g/mol. The van der Waals surface area contributed by atoms with E-state index < -0.39 is 5.60 Å². The summed E-state index contributed by atoms with van der Waals surface area (Å²) >= 11 is 0. The first-order chi connectivity index (χ1) is 13.9. The van der Waals surface area contributed by atoms with Gasteiger partial charge in [-0.3, -0.25) is 0 Å². The van der Waals surface area contributed by atoms with Gasteiger partial charge in [0, 0.05) is 19.1 Å². The normalized spacial score (nSPS) is 19.8. The number of piperidine rings is 1. The van der Waals surface area contributed by atoms with Crippen LogP contribution in [0.1, 0.15) is 38.3 Å². The number of nitrogens with zero attached hydrogens (tertiary/aromatic N) is 1. The van der Waals surface area contributed by atoms with Crippen LogP contribution < -0.4 is 5.32 Å². The van der Waals surface area contributed by atoms with Crippen LogP contribution in [0.2, 0.25) is 0 Å². The molecule has 1 N–H and O–H groups in total. The van der Waals surface area contributed by atoms with Crippen LogP contribution in [0.25, 0.3) is 0 Å². The summed E-state index contributed by atoms with van der Waals surface area (Å²) < 4.78 is 11.8. The number of nitrogens with one attached hydrogen (secondary N) is 1. The molecule has 1 aliphatic heterocycles. The van der Waals surface area contributed by atoms with Crippen molar-refractivity contribution in [1.29, 1.82) is 0 Å². The van der Waals surface area contributed by atoms with E-state index in [0.717, 1.165) is 18.5 Å². The lowest BCUT2D eigenvalue weighted by molar-refractivity contribution is -0.0411. The van der Waals surface area contributed by atoms with Crippen molar-refractivity contribution >= 4 is 6.09 Å². The molecular weight excluding hydrogens is 364 g/mol. The van der Waals surface area contributed by atoms with Gasteiger partial charge in [0.05, 0.1) is 19.3 Å². The number of amides is 1. The Hall–Kier alpha value is -2.37. The number of benzene rings is 2. The van der Waals surface area contributed by atoms with Crippen LogP contribution in [-0.4, -0.2) is 41.8 Å². The zero-order chi connectivity index (χ0) is 20.7. The van der Waals surface area contributed by atoms with E-state index in [1.54, 1.807) is 4.90 Å². The predicted molar refractivity (Wildman–Crippen MR) is 115 cm³/mol. The van der Waals surface area contributed by atoms with Crippen LogP contribution in [-0.2, 0) is 22.6 Å². The summed E-state index contributed by atoms with van der Waals surface area (Å²) in [4.78, 5) is 14.3. The molecule has 1 aliphatic rings. The molecule has 0 aliphatic carbocycles. The smallest absolute Gasteiger partial charge is 0.410 e. The Bertz CT molecular complexity index is 759.